The molecule has 0 unspecified atom stereocenters. The van der Waals surface area contributed by atoms with Crippen LogP contribution in [0, 0.1) is 0 Å². The van der Waals surface area contributed by atoms with Crippen LogP contribution in [0.25, 0.3) is 6.08 Å². The van der Waals surface area contributed by atoms with Gasteiger partial charge in [-0.3, -0.25) is 0 Å². The summed E-state index contributed by atoms with van der Waals surface area (Å²) in [7, 11) is 0. The molecular formula is C23H38O. The predicted molar refractivity (Wildman–Crippen MR) is 114 cm³/mol. The van der Waals surface area contributed by atoms with E-state index in [0.717, 1.165) is 16.7 Å². The van der Waals surface area contributed by atoms with Crippen LogP contribution in [0.15, 0.2) is 61.7 Å². The smallest absolute Gasteiger partial charge is 0.122 e. The summed E-state index contributed by atoms with van der Waals surface area (Å²) in [6, 6.07) is 5.56. The number of phenols is 1. The summed E-state index contributed by atoms with van der Waals surface area (Å²) in [6.07, 6.45) is 7.20. The fourth-order valence-electron chi connectivity index (χ4n) is 1.93. The van der Waals surface area contributed by atoms with Crippen molar-refractivity contribution in [2.45, 2.75) is 60.8 Å². The van der Waals surface area contributed by atoms with Gasteiger partial charge < -0.3 is 5.11 Å². The number of benzene rings is 1. The zero-order valence-corrected chi connectivity index (χ0v) is 17.1. The lowest BCUT2D eigenvalue weighted by molar-refractivity contribution is 0.473. The molecule has 0 amide bonds. The highest BCUT2D eigenvalue weighted by molar-refractivity contribution is 5.58. The fraction of sp³-hybridized carbons (Fsp3) is 0.391. The van der Waals surface area contributed by atoms with Crippen molar-refractivity contribution in [1.82, 2.24) is 0 Å². The van der Waals surface area contributed by atoms with Crippen molar-refractivity contribution in [2.24, 2.45) is 0 Å². The van der Waals surface area contributed by atoms with Gasteiger partial charge in [0, 0.05) is 11.0 Å². The van der Waals surface area contributed by atoms with Crippen molar-refractivity contribution >= 4 is 6.08 Å². The third kappa shape index (κ3) is 8.01. The SMILES string of the molecule is C=C/C=C(\C=C)C(C)(C)c1ccc(O)c(C=C)c1.CC.CC.CC. The van der Waals surface area contributed by atoms with E-state index < -0.39 is 0 Å². The number of hydrogen-bond acceptors (Lipinski definition) is 1. The topological polar surface area (TPSA) is 20.2 Å². The van der Waals surface area contributed by atoms with E-state index in [1.807, 2.05) is 65.8 Å². The van der Waals surface area contributed by atoms with Crippen LogP contribution >= 0.6 is 0 Å². The summed E-state index contributed by atoms with van der Waals surface area (Å²) in [5, 5.41) is 9.68. The Morgan fingerprint density at radius 2 is 1.46 bits per heavy atom. The van der Waals surface area contributed by atoms with Crippen LogP contribution in [0.5, 0.6) is 5.75 Å². The molecule has 0 aliphatic rings. The second-order valence-electron chi connectivity index (χ2n) is 4.66. The van der Waals surface area contributed by atoms with E-state index in [2.05, 4.69) is 33.6 Å². The van der Waals surface area contributed by atoms with Gasteiger partial charge in [-0.2, -0.15) is 0 Å². The molecule has 0 atom stereocenters. The molecule has 0 aliphatic carbocycles. The first kappa shape index (κ1) is 26.9. The van der Waals surface area contributed by atoms with Crippen LogP contribution in [-0.4, -0.2) is 5.11 Å². The zero-order valence-electron chi connectivity index (χ0n) is 17.1. The third-order valence-electron chi connectivity index (χ3n) is 3.21. The first-order valence-electron chi connectivity index (χ1n) is 8.89. The van der Waals surface area contributed by atoms with Gasteiger partial charge in [0.15, 0.2) is 0 Å². The standard InChI is InChI=1S/C17H20O.3C2H6/c1-6-9-14(8-3)17(4,5)15-10-11-16(18)13(7-2)12-15;3*1-2/h6-12,18H,1-3H2,4-5H3;3*1-2H3/b14-9+;;;. The van der Waals surface area contributed by atoms with Crippen LogP contribution < -0.4 is 0 Å². The molecule has 0 spiro atoms. The van der Waals surface area contributed by atoms with Crippen molar-refractivity contribution in [3.8, 4) is 5.75 Å². The van der Waals surface area contributed by atoms with Crippen molar-refractivity contribution in [3.63, 3.8) is 0 Å². The van der Waals surface area contributed by atoms with Gasteiger partial charge >= 0.3 is 0 Å². The lowest BCUT2D eigenvalue weighted by atomic mass is 9.77. The van der Waals surface area contributed by atoms with E-state index in [0.29, 0.717) is 0 Å². The number of aromatic hydroxyl groups is 1. The van der Waals surface area contributed by atoms with Crippen LogP contribution in [0.3, 0.4) is 0 Å². The Bertz CT molecular complexity index is 505. The molecule has 0 heterocycles. The second-order valence-corrected chi connectivity index (χ2v) is 4.66. The van der Waals surface area contributed by atoms with E-state index in [-0.39, 0.29) is 11.2 Å². The van der Waals surface area contributed by atoms with Crippen molar-refractivity contribution in [2.75, 3.05) is 0 Å². The molecular weight excluding hydrogens is 292 g/mol. The van der Waals surface area contributed by atoms with Gasteiger partial charge in [0.1, 0.15) is 5.75 Å². The summed E-state index contributed by atoms with van der Waals surface area (Å²) < 4.78 is 0. The van der Waals surface area contributed by atoms with Gasteiger partial charge in [-0.05, 0) is 23.3 Å². The maximum Gasteiger partial charge on any atom is 0.122 e. The molecule has 0 bridgehead atoms. The van der Waals surface area contributed by atoms with Crippen molar-refractivity contribution in [3.05, 3.63) is 72.9 Å². The molecule has 136 valence electrons. The Morgan fingerprint density at radius 3 is 1.83 bits per heavy atom. The molecule has 1 N–H and O–H groups in total. The molecule has 0 saturated heterocycles. The average molecular weight is 331 g/mol. The van der Waals surface area contributed by atoms with Gasteiger partial charge in [-0.25, -0.2) is 0 Å². The lowest BCUT2D eigenvalue weighted by Crippen LogP contribution is -2.19. The minimum atomic E-state index is -0.193. The highest BCUT2D eigenvalue weighted by Crippen LogP contribution is 2.34. The summed E-state index contributed by atoms with van der Waals surface area (Å²) in [5.74, 6) is 0.248. The summed E-state index contributed by atoms with van der Waals surface area (Å²) in [6.45, 7) is 27.5. The third-order valence-corrected chi connectivity index (χ3v) is 3.21. The first-order valence-corrected chi connectivity index (χ1v) is 8.89. The molecule has 0 saturated carbocycles. The molecule has 0 aliphatic heterocycles. The van der Waals surface area contributed by atoms with Gasteiger partial charge in [0.25, 0.3) is 0 Å². The molecule has 1 rings (SSSR count). The quantitative estimate of drug-likeness (QED) is 0.548. The van der Waals surface area contributed by atoms with Crippen LogP contribution in [-0.2, 0) is 5.41 Å². The summed E-state index contributed by atoms with van der Waals surface area (Å²) >= 11 is 0. The Morgan fingerprint density at radius 1 is 0.958 bits per heavy atom. The summed E-state index contributed by atoms with van der Waals surface area (Å²) in [4.78, 5) is 0. The van der Waals surface area contributed by atoms with E-state index in [4.69, 9.17) is 0 Å². The maximum absolute atomic E-state index is 9.68. The fourth-order valence-corrected chi connectivity index (χ4v) is 1.93. The Hall–Kier alpha value is -2.02. The Balaban J connectivity index is -0.000000659. The molecule has 24 heavy (non-hydrogen) atoms. The average Bonchev–Trinajstić information content (AvgIpc) is 2.64. The molecule has 0 radical (unpaired) electrons. The van der Waals surface area contributed by atoms with E-state index in [1.54, 1.807) is 18.2 Å². The van der Waals surface area contributed by atoms with E-state index in [9.17, 15) is 5.11 Å². The van der Waals surface area contributed by atoms with Gasteiger partial charge in [0.05, 0.1) is 0 Å². The number of rotatable bonds is 5. The van der Waals surface area contributed by atoms with Crippen LogP contribution in [0.4, 0.5) is 0 Å². The van der Waals surface area contributed by atoms with Crippen LogP contribution in [0.1, 0.15) is 66.5 Å². The molecule has 1 aromatic rings. The number of hydrogen-bond donors (Lipinski definition) is 1. The first-order chi connectivity index (χ1) is 11.5. The van der Waals surface area contributed by atoms with Crippen molar-refractivity contribution < 1.29 is 5.11 Å². The molecule has 0 fully saturated rings. The van der Waals surface area contributed by atoms with Crippen LogP contribution in [0.2, 0.25) is 0 Å². The minimum Gasteiger partial charge on any atom is -0.507 e. The molecule has 1 nitrogen and oxygen atoms in total. The highest BCUT2D eigenvalue weighted by Gasteiger charge is 2.24. The normalized spacial score (nSPS) is 9.75. The second kappa shape index (κ2) is 15.9. The Kier molecular flexibility index (Phi) is 17.7. The van der Waals surface area contributed by atoms with E-state index >= 15 is 0 Å². The van der Waals surface area contributed by atoms with E-state index in [1.165, 1.54) is 0 Å². The monoisotopic (exact) mass is 330 g/mol. The summed E-state index contributed by atoms with van der Waals surface area (Å²) in [5.41, 5.74) is 2.73. The molecule has 0 aromatic heterocycles. The van der Waals surface area contributed by atoms with Gasteiger partial charge in [0.2, 0.25) is 0 Å². The lowest BCUT2D eigenvalue weighted by Gasteiger charge is -2.27. The predicted octanol–water partition coefficient (Wildman–Crippen LogP) is 7.69. The van der Waals surface area contributed by atoms with Crippen molar-refractivity contribution in [1.29, 1.82) is 0 Å². The number of phenolic OH excluding ortho intramolecular Hbond substituents is 1. The maximum atomic E-state index is 9.68. The zero-order chi connectivity index (χ0) is 19.8. The largest absolute Gasteiger partial charge is 0.507 e. The number of allylic oxidation sites excluding steroid dienone is 4. The molecule has 1 heteroatoms. The Labute approximate surface area is 151 Å². The minimum absolute atomic E-state index is 0.193. The molecule has 1 aromatic carbocycles. The van der Waals surface area contributed by atoms with Gasteiger partial charge in [-0.15, -0.1) is 0 Å². The van der Waals surface area contributed by atoms with Gasteiger partial charge in [-0.1, -0.05) is 105 Å². The highest BCUT2D eigenvalue weighted by atomic mass is 16.3.